The molecule has 0 saturated carbocycles. The van der Waals surface area contributed by atoms with Crippen LogP contribution in [-0.2, 0) is 4.79 Å². The number of hydrogen-bond acceptors (Lipinski definition) is 2. The van der Waals surface area contributed by atoms with Crippen molar-refractivity contribution in [3.8, 4) is 0 Å². The van der Waals surface area contributed by atoms with Crippen molar-refractivity contribution in [1.29, 1.82) is 0 Å². The van der Waals surface area contributed by atoms with Gasteiger partial charge in [0.1, 0.15) is 5.15 Å². The Hall–Kier alpha value is -1.09. The summed E-state index contributed by atoms with van der Waals surface area (Å²) in [5.41, 5.74) is 1.54. The van der Waals surface area contributed by atoms with Crippen LogP contribution >= 0.6 is 11.6 Å². The fourth-order valence-electron chi connectivity index (χ4n) is 1.49. The SMILES string of the molecule is CCCC(C(=O)O)c1cnc(Cl)c(C)c1. The summed E-state index contributed by atoms with van der Waals surface area (Å²) >= 11 is 5.78. The largest absolute Gasteiger partial charge is 0.481 e. The van der Waals surface area contributed by atoms with Gasteiger partial charge in [0.05, 0.1) is 5.92 Å². The second kappa shape index (κ2) is 5.12. The van der Waals surface area contributed by atoms with Gasteiger partial charge in [-0.3, -0.25) is 4.79 Å². The summed E-state index contributed by atoms with van der Waals surface area (Å²) in [6.07, 6.45) is 3.00. The maximum Gasteiger partial charge on any atom is 0.311 e. The standard InChI is InChI=1S/C11H14ClNO2/c1-3-4-9(11(14)15)8-5-7(2)10(12)13-6-8/h5-6,9H,3-4H2,1-2H3,(H,14,15). The number of aryl methyl sites for hydroxylation is 1. The number of hydrogen-bond donors (Lipinski definition) is 1. The molecule has 1 rings (SSSR count). The topological polar surface area (TPSA) is 50.2 Å². The minimum Gasteiger partial charge on any atom is -0.481 e. The highest BCUT2D eigenvalue weighted by Crippen LogP contribution is 2.23. The quantitative estimate of drug-likeness (QED) is 0.805. The molecule has 3 nitrogen and oxygen atoms in total. The molecule has 0 saturated heterocycles. The second-order valence-electron chi connectivity index (χ2n) is 3.56. The summed E-state index contributed by atoms with van der Waals surface area (Å²) in [6.45, 7) is 3.79. The van der Waals surface area contributed by atoms with Crippen LogP contribution in [0.1, 0.15) is 36.8 Å². The Balaban J connectivity index is 3.01. The lowest BCUT2D eigenvalue weighted by atomic mass is 9.95. The number of carbonyl (C=O) groups is 1. The lowest BCUT2D eigenvalue weighted by molar-refractivity contribution is -0.139. The zero-order chi connectivity index (χ0) is 11.4. The minimum atomic E-state index is -0.805. The van der Waals surface area contributed by atoms with Gasteiger partial charge >= 0.3 is 5.97 Å². The first kappa shape index (κ1) is 12.0. The number of halogens is 1. The fraction of sp³-hybridized carbons (Fsp3) is 0.455. The van der Waals surface area contributed by atoms with E-state index in [2.05, 4.69) is 4.98 Å². The smallest absolute Gasteiger partial charge is 0.311 e. The van der Waals surface area contributed by atoms with Crippen LogP contribution in [0, 0.1) is 6.92 Å². The van der Waals surface area contributed by atoms with Gasteiger partial charge in [-0.15, -0.1) is 0 Å². The van der Waals surface area contributed by atoms with E-state index in [-0.39, 0.29) is 0 Å². The maximum absolute atomic E-state index is 11.0. The van der Waals surface area contributed by atoms with E-state index in [4.69, 9.17) is 16.7 Å². The van der Waals surface area contributed by atoms with Crippen molar-refractivity contribution >= 4 is 17.6 Å². The zero-order valence-corrected chi connectivity index (χ0v) is 9.58. The molecule has 1 aromatic heterocycles. The summed E-state index contributed by atoms with van der Waals surface area (Å²) in [5, 5.41) is 9.49. The number of aromatic nitrogens is 1. The summed E-state index contributed by atoms with van der Waals surface area (Å²) in [7, 11) is 0. The summed E-state index contributed by atoms with van der Waals surface area (Å²) in [6, 6.07) is 1.80. The molecule has 1 heterocycles. The Labute approximate surface area is 94.1 Å². The third-order valence-electron chi connectivity index (χ3n) is 2.31. The van der Waals surface area contributed by atoms with Crippen LogP contribution in [0.3, 0.4) is 0 Å². The van der Waals surface area contributed by atoms with E-state index in [1.54, 1.807) is 12.3 Å². The number of rotatable bonds is 4. The van der Waals surface area contributed by atoms with Crippen molar-refractivity contribution in [2.24, 2.45) is 0 Å². The third-order valence-corrected chi connectivity index (χ3v) is 2.71. The number of aliphatic carboxylic acids is 1. The van der Waals surface area contributed by atoms with Gasteiger partial charge in [0.25, 0.3) is 0 Å². The predicted molar refractivity (Wildman–Crippen MR) is 59.3 cm³/mol. The second-order valence-corrected chi connectivity index (χ2v) is 3.91. The molecule has 0 bridgehead atoms. The molecular formula is C11H14ClNO2. The Morgan fingerprint density at radius 3 is 2.80 bits per heavy atom. The number of pyridine rings is 1. The van der Waals surface area contributed by atoms with Gasteiger partial charge in [-0.1, -0.05) is 31.0 Å². The summed E-state index contributed by atoms with van der Waals surface area (Å²) < 4.78 is 0. The highest BCUT2D eigenvalue weighted by Gasteiger charge is 2.19. The molecule has 82 valence electrons. The summed E-state index contributed by atoms with van der Waals surface area (Å²) in [4.78, 5) is 15.0. The van der Waals surface area contributed by atoms with Crippen molar-refractivity contribution in [2.45, 2.75) is 32.6 Å². The molecule has 0 radical (unpaired) electrons. The number of carboxylic acid groups (broad SMARTS) is 1. The van der Waals surface area contributed by atoms with Crippen molar-refractivity contribution in [3.63, 3.8) is 0 Å². The molecule has 1 aromatic rings. The van der Waals surface area contributed by atoms with Crippen molar-refractivity contribution in [1.82, 2.24) is 4.98 Å². The normalized spacial score (nSPS) is 12.5. The molecule has 0 aliphatic rings. The number of carboxylic acids is 1. The molecule has 15 heavy (non-hydrogen) atoms. The third kappa shape index (κ3) is 2.93. The van der Waals surface area contributed by atoms with Crippen LogP contribution in [-0.4, -0.2) is 16.1 Å². The Morgan fingerprint density at radius 2 is 2.33 bits per heavy atom. The first-order chi connectivity index (χ1) is 7.06. The zero-order valence-electron chi connectivity index (χ0n) is 8.83. The van der Waals surface area contributed by atoms with E-state index in [0.717, 1.165) is 17.5 Å². The van der Waals surface area contributed by atoms with Crippen LogP contribution in [0.5, 0.6) is 0 Å². The van der Waals surface area contributed by atoms with Gasteiger partial charge in [-0.05, 0) is 24.5 Å². The Morgan fingerprint density at radius 1 is 1.67 bits per heavy atom. The molecule has 0 aromatic carbocycles. The van der Waals surface area contributed by atoms with E-state index in [1.807, 2.05) is 13.8 Å². The average Bonchev–Trinajstić information content (AvgIpc) is 2.18. The Kier molecular flexibility index (Phi) is 4.09. The highest BCUT2D eigenvalue weighted by atomic mass is 35.5. The Bertz CT molecular complexity index is 366. The van der Waals surface area contributed by atoms with Gasteiger partial charge in [-0.25, -0.2) is 4.98 Å². The van der Waals surface area contributed by atoms with Gasteiger partial charge < -0.3 is 5.11 Å². The van der Waals surface area contributed by atoms with Crippen LogP contribution in [0.2, 0.25) is 5.15 Å². The molecule has 0 amide bonds. The molecule has 1 unspecified atom stereocenters. The molecule has 0 fully saturated rings. The highest BCUT2D eigenvalue weighted by molar-refractivity contribution is 6.30. The molecule has 0 spiro atoms. The lowest BCUT2D eigenvalue weighted by Gasteiger charge is -2.11. The van der Waals surface area contributed by atoms with E-state index in [0.29, 0.717) is 11.6 Å². The van der Waals surface area contributed by atoms with Gasteiger partial charge in [0, 0.05) is 6.20 Å². The first-order valence-corrected chi connectivity index (χ1v) is 5.29. The van der Waals surface area contributed by atoms with Gasteiger partial charge in [0.2, 0.25) is 0 Å². The molecule has 1 atom stereocenters. The molecular weight excluding hydrogens is 214 g/mol. The van der Waals surface area contributed by atoms with Crippen LogP contribution in [0.15, 0.2) is 12.3 Å². The summed E-state index contributed by atoms with van der Waals surface area (Å²) in [5.74, 6) is -1.28. The minimum absolute atomic E-state index is 0.430. The molecule has 1 N–H and O–H groups in total. The van der Waals surface area contributed by atoms with E-state index in [1.165, 1.54) is 0 Å². The predicted octanol–water partition coefficient (Wildman–Crippen LogP) is 3.01. The van der Waals surface area contributed by atoms with Crippen LogP contribution < -0.4 is 0 Å². The van der Waals surface area contributed by atoms with E-state index in [9.17, 15) is 4.79 Å². The van der Waals surface area contributed by atoms with Gasteiger partial charge in [-0.2, -0.15) is 0 Å². The van der Waals surface area contributed by atoms with E-state index >= 15 is 0 Å². The molecule has 4 heteroatoms. The van der Waals surface area contributed by atoms with Crippen LogP contribution in [0.4, 0.5) is 0 Å². The van der Waals surface area contributed by atoms with E-state index < -0.39 is 11.9 Å². The molecule has 0 aliphatic carbocycles. The van der Waals surface area contributed by atoms with Crippen molar-refractivity contribution < 1.29 is 9.90 Å². The monoisotopic (exact) mass is 227 g/mol. The molecule has 0 aliphatic heterocycles. The van der Waals surface area contributed by atoms with Crippen LogP contribution in [0.25, 0.3) is 0 Å². The van der Waals surface area contributed by atoms with Gasteiger partial charge in [0.15, 0.2) is 0 Å². The average molecular weight is 228 g/mol. The number of nitrogens with zero attached hydrogens (tertiary/aromatic N) is 1. The van der Waals surface area contributed by atoms with Crippen molar-refractivity contribution in [2.75, 3.05) is 0 Å². The van der Waals surface area contributed by atoms with Crippen molar-refractivity contribution in [3.05, 3.63) is 28.5 Å². The fourth-order valence-corrected chi connectivity index (χ4v) is 1.60. The first-order valence-electron chi connectivity index (χ1n) is 4.91. The lowest BCUT2D eigenvalue weighted by Crippen LogP contribution is -2.11. The maximum atomic E-state index is 11.0.